The molecule has 3 N–H and O–H groups in total. The predicted molar refractivity (Wildman–Crippen MR) is 134 cm³/mol. The molecular weight excluding hydrogens is 468 g/mol. The topological polar surface area (TPSA) is 87.3 Å². The van der Waals surface area contributed by atoms with Crippen LogP contribution in [0.3, 0.4) is 0 Å². The summed E-state index contributed by atoms with van der Waals surface area (Å²) in [5, 5.41) is 3.42. The van der Waals surface area contributed by atoms with Gasteiger partial charge >= 0.3 is 6.61 Å². The first-order chi connectivity index (χ1) is 17.3. The van der Waals surface area contributed by atoms with Crippen molar-refractivity contribution in [2.45, 2.75) is 32.6 Å². The van der Waals surface area contributed by atoms with Gasteiger partial charge in [0, 0.05) is 24.0 Å². The van der Waals surface area contributed by atoms with Crippen molar-refractivity contribution in [3.8, 4) is 11.5 Å². The lowest BCUT2D eigenvalue weighted by Gasteiger charge is -2.27. The SMILES string of the molecule is CCOCc1cc(Nc2cccc(OC)c2)cc(C2(c3ccc(OC(F)F)c(C)c3)COC(N)=N2)c1. The maximum atomic E-state index is 12.8. The minimum atomic E-state index is -2.91. The minimum Gasteiger partial charge on any atom is -0.497 e. The van der Waals surface area contributed by atoms with Crippen molar-refractivity contribution >= 4 is 17.4 Å². The molecule has 0 saturated carbocycles. The van der Waals surface area contributed by atoms with Gasteiger partial charge in [0.05, 0.1) is 13.7 Å². The summed E-state index contributed by atoms with van der Waals surface area (Å²) in [5.74, 6) is 0.829. The molecule has 1 aliphatic rings. The maximum absolute atomic E-state index is 12.8. The molecule has 0 aromatic heterocycles. The normalized spacial score (nSPS) is 17.0. The summed E-state index contributed by atoms with van der Waals surface area (Å²) >= 11 is 0. The lowest BCUT2D eigenvalue weighted by Crippen LogP contribution is -2.27. The summed E-state index contributed by atoms with van der Waals surface area (Å²) in [6.07, 6.45) is 0. The summed E-state index contributed by atoms with van der Waals surface area (Å²) in [4.78, 5) is 4.68. The van der Waals surface area contributed by atoms with E-state index < -0.39 is 12.2 Å². The summed E-state index contributed by atoms with van der Waals surface area (Å²) < 4.78 is 46.9. The molecule has 0 aliphatic carbocycles. The number of nitrogens with two attached hydrogens (primary N) is 1. The van der Waals surface area contributed by atoms with Gasteiger partial charge in [0.25, 0.3) is 6.02 Å². The quantitative estimate of drug-likeness (QED) is 0.386. The molecule has 0 bridgehead atoms. The van der Waals surface area contributed by atoms with Crippen LogP contribution in [0.5, 0.6) is 11.5 Å². The molecule has 0 fully saturated rings. The van der Waals surface area contributed by atoms with Crippen LogP contribution in [0.4, 0.5) is 20.2 Å². The first-order valence-corrected chi connectivity index (χ1v) is 11.5. The van der Waals surface area contributed by atoms with Crippen LogP contribution >= 0.6 is 0 Å². The number of aryl methyl sites for hydroxylation is 1. The third-order valence-corrected chi connectivity index (χ3v) is 5.90. The highest BCUT2D eigenvalue weighted by atomic mass is 19.3. The second-order valence-corrected chi connectivity index (χ2v) is 8.37. The molecule has 0 spiro atoms. The number of alkyl halides is 2. The van der Waals surface area contributed by atoms with E-state index in [1.807, 2.05) is 49.4 Å². The van der Waals surface area contributed by atoms with Crippen molar-refractivity contribution in [3.63, 3.8) is 0 Å². The molecule has 1 heterocycles. The lowest BCUT2D eigenvalue weighted by atomic mass is 9.82. The average molecular weight is 498 g/mol. The highest BCUT2D eigenvalue weighted by Crippen LogP contribution is 2.41. The molecule has 3 aromatic carbocycles. The highest BCUT2D eigenvalue weighted by Gasteiger charge is 2.41. The average Bonchev–Trinajstić information content (AvgIpc) is 3.26. The van der Waals surface area contributed by atoms with Gasteiger partial charge in [-0.05, 0) is 72.5 Å². The standard InChI is InChI=1S/C27H29F2N3O4/c1-4-34-15-18-11-20(13-22(12-18)31-21-6-5-7-23(14-21)33-3)27(16-35-26(30)32-27)19-8-9-24(17(2)10-19)36-25(28)29/h5-14,25,31H,4,15-16H2,1-3H3,(H2,30,32). The summed E-state index contributed by atoms with van der Waals surface area (Å²) in [5.41, 5.74) is 9.68. The van der Waals surface area contributed by atoms with Crippen LogP contribution in [0.2, 0.25) is 0 Å². The third kappa shape index (κ3) is 5.52. The third-order valence-electron chi connectivity index (χ3n) is 5.90. The van der Waals surface area contributed by atoms with Gasteiger partial charge in [0.1, 0.15) is 18.1 Å². The van der Waals surface area contributed by atoms with Crippen LogP contribution in [0.15, 0.2) is 65.7 Å². The lowest BCUT2D eigenvalue weighted by molar-refractivity contribution is -0.0503. The molecule has 3 aromatic rings. The van der Waals surface area contributed by atoms with Gasteiger partial charge in [0.15, 0.2) is 5.54 Å². The molecular formula is C27H29F2N3O4. The molecule has 1 aliphatic heterocycles. The van der Waals surface area contributed by atoms with E-state index in [2.05, 4.69) is 15.0 Å². The van der Waals surface area contributed by atoms with Crippen LogP contribution in [-0.2, 0) is 21.6 Å². The van der Waals surface area contributed by atoms with Crippen LogP contribution in [0.1, 0.15) is 29.2 Å². The van der Waals surface area contributed by atoms with E-state index >= 15 is 0 Å². The smallest absolute Gasteiger partial charge is 0.387 e. The fourth-order valence-electron chi connectivity index (χ4n) is 4.20. The molecule has 1 atom stereocenters. The second kappa shape index (κ2) is 10.8. The Hall–Kier alpha value is -3.85. The molecule has 7 nitrogen and oxygen atoms in total. The Labute approximate surface area is 208 Å². The van der Waals surface area contributed by atoms with Crippen LogP contribution in [0, 0.1) is 6.92 Å². The van der Waals surface area contributed by atoms with Crippen LogP contribution < -0.4 is 20.5 Å². The monoisotopic (exact) mass is 497 g/mol. The van der Waals surface area contributed by atoms with Crippen molar-refractivity contribution < 1.29 is 27.7 Å². The number of methoxy groups -OCH3 is 1. The number of halogens is 2. The highest BCUT2D eigenvalue weighted by molar-refractivity contribution is 5.76. The summed E-state index contributed by atoms with van der Waals surface area (Å²) in [6.45, 7) is 1.85. The number of benzene rings is 3. The van der Waals surface area contributed by atoms with Crippen LogP contribution in [0.25, 0.3) is 0 Å². The van der Waals surface area contributed by atoms with E-state index in [0.29, 0.717) is 18.8 Å². The fraction of sp³-hybridized carbons (Fsp3) is 0.296. The Morgan fingerprint density at radius 1 is 1.08 bits per heavy atom. The van der Waals surface area contributed by atoms with Crippen LogP contribution in [-0.4, -0.2) is 33.0 Å². The number of nitrogens with zero attached hydrogens (tertiary/aromatic N) is 1. The molecule has 0 radical (unpaired) electrons. The molecule has 0 amide bonds. The molecule has 4 rings (SSSR count). The zero-order valence-electron chi connectivity index (χ0n) is 20.4. The number of ether oxygens (including phenoxy) is 4. The van der Waals surface area contributed by atoms with E-state index in [9.17, 15) is 8.78 Å². The molecule has 1 unspecified atom stereocenters. The number of aliphatic imine (C=N–C) groups is 1. The van der Waals surface area contributed by atoms with E-state index in [1.54, 1.807) is 26.2 Å². The number of anilines is 2. The van der Waals surface area contributed by atoms with E-state index in [-0.39, 0.29) is 18.4 Å². The van der Waals surface area contributed by atoms with Gasteiger partial charge in [-0.3, -0.25) is 0 Å². The Balaban J connectivity index is 1.80. The van der Waals surface area contributed by atoms with E-state index in [1.165, 1.54) is 6.07 Å². The Bertz CT molecular complexity index is 1250. The predicted octanol–water partition coefficient (Wildman–Crippen LogP) is 5.47. The minimum absolute atomic E-state index is 0.0538. The second-order valence-electron chi connectivity index (χ2n) is 8.37. The zero-order chi connectivity index (χ0) is 25.7. The molecule has 0 saturated heterocycles. The van der Waals surface area contributed by atoms with Gasteiger partial charge in [0.2, 0.25) is 0 Å². The Morgan fingerprint density at radius 2 is 1.92 bits per heavy atom. The van der Waals surface area contributed by atoms with E-state index in [0.717, 1.165) is 33.8 Å². The van der Waals surface area contributed by atoms with Crippen molar-refractivity contribution in [2.75, 3.05) is 25.6 Å². The van der Waals surface area contributed by atoms with Gasteiger partial charge in [-0.15, -0.1) is 0 Å². The Morgan fingerprint density at radius 3 is 2.58 bits per heavy atom. The van der Waals surface area contributed by atoms with Gasteiger partial charge in [-0.25, -0.2) is 4.99 Å². The van der Waals surface area contributed by atoms with Crippen molar-refractivity contribution in [1.29, 1.82) is 0 Å². The van der Waals surface area contributed by atoms with E-state index in [4.69, 9.17) is 19.9 Å². The number of nitrogens with one attached hydrogen (secondary N) is 1. The summed E-state index contributed by atoms with van der Waals surface area (Å²) in [6, 6.07) is 18.6. The summed E-state index contributed by atoms with van der Waals surface area (Å²) in [7, 11) is 1.62. The number of amidine groups is 1. The molecule has 36 heavy (non-hydrogen) atoms. The number of hydrogen-bond acceptors (Lipinski definition) is 7. The van der Waals surface area contributed by atoms with Gasteiger partial charge in [-0.2, -0.15) is 8.78 Å². The first-order valence-electron chi connectivity index (χ1n) is 11.5. The number of hydrogen-bond donors (Lipinski definition) is 2. The molecule has 9 heteroatoms. The number of rotatable bonds is 10. The fourth-order valence-corrected chi connectivity index (χ4v) is 4.20. The van der Waals surface area contributed by atoms with Crippen molar-refractivity contribution in [2.24, 2.45) is 10.7 Å². The zero-order valence-corrected chi connectivity index (χ0v) is 20.4. The van der Waals surface area contributed by atoms with Crippen molar-refractivity contribution in [1.82, 2.24) is 0 Å². The van der Waals surface area contributed by atoms with Gasteiger partial charge in [-0.1, -0.05) is 18.2 Å². The van der Waals surface area contributed by atoms with Crippen molar-refractivity contribution in [3.05, 3.63) is 82.9 Å². The first kappa shape index (κ1) is 25.2. The Kier molecular flexibility index (Phi) is 7.59. The maximum Gasteiger partial charge on any atom is 0.387 e. The van der Waals surface area contributed by atoms with Gasteiger partial charge < -0.3 is 30.0 Å². The largest absolute Gasteiger partial charge is 0.497 e. The molecule has 190 valence electrons.